The van der Waals surface area contributed by atoms with Crippen LogP contribution in [0, 0.1) is 11.3 Å². The molecular formula is C21H17N5O2S. The lowest BCUT2D eigenvalue weighted by molar-refractivity contribution is 0.679. The minimum atomic E-state index is -0.447. The fourth-order valence-electron chi connectivity index (χ4n) is 3.15. The molecule has 7 nitrogen and oxygen atoms in total. The number of hydrogen-bond acceptors (Lipinski definition) is 5. The number of aromatic amines is 2. The minimum Gasteiger partial charge on any atom is -0.306 e. The topological polar surface area (TPSA) is 107 Å². The van der Waals surface area contributed by atoms with Crippen molar-refractivity contribution in [3.05, 3.63) is 81.0 Å². The third-order valence-corrected chi connectivity index (χ3v) is 5.46. The van der Waals surface area contributed by atoms with Crippen molar-refractivity contribution in [3.8, 4) is 17.3 Å². The molecule has 0 fully saturated rings. The normalized spacial score (nSPS) is 10.9. The van der Waals surface area contributed by atoms with Crippen LogP contribution in [0.4, 0.5) is 0 Å². The number of aryl methyl sites for hydroxylation is 1. The molecule has 0 spiro atoms. The Bertz CT molecular complexity index is 1310. The lowest BCUT2D eigenvalue weighted by Crippen LogP contribution is -2.17. The van der Waals surface area contributed by atoms with Gasteiger partial charge in [0.15, 0.2) is 5.16 Å². The molecule has 0 bridgehead atoms. The Morgan fingerprint density at radius 2 is 1.79 bits per heavy atom. The van der Waals surface area contributed by atoms with Crippen LogP contribution in [-0.4, -0.2) is 25.3 Å². The van der Waals surface area contributed by atoms with E-state index in [1.165, 1.54) is 11.8 Å². The summed E-state index contributed by atoms with van der Waals surface area (Å²) >= 11 is 1.39. The standard InChI is InChI=1S/C21H17N5O2S/c22-13-15-18(14-7-2-1-3-8-14)24-20(25-19(15)27)29-12-6-11-26-17-10-5-4-9-16(17)23-21(26)28/h1-5,7-10H,6,11-12H2,(H,23,28)(H,24,25,27). The molecule has 0 unspecified atom stereocenters. The van der Waals surface area contributed by atoms with Crippen LogP contribution >= 0.6 is 11.8 Å². The van der Waals surface area contributed by atoms with Gasteiger partial charge in [-0.15, -0.1) is 0 Å². The predicted molar refractivity (Wildman–Crippen MR) is 113 cm³/mol. The highest BCUT2D eigenvalue weighted by atomic mass is 32.2. The van der Waals surface area contributed by atoms with Crippen molar-refractivity contribution in [2.75, 3.05) is 5.75 Å². The molecule has 29 heavy (non-hydrogen) atoms. The lowest BCUT2D eigenvalue weighted by Gasteiger charge is -2.07. The van der Waals surface area contributed by atoms with Gasteiger partial charge in [-0.25, -0.2) is 9.78 Å². The number of para-hydroxylation sites is 2. The molecule has 0 aliphatic rings. The molecule has 144 valence electrons. The maximum absolute atomic E-state index is 12.3. The molecule has 2 aromatic carbocycles. The van der Waals surface area contributed by atoms with Crippen LogP contribution in [0.5, 0.6) is 0 Å². The van der Waals surface area contributed by atoms with Crippen molar-refractivity contribution < 1.29 is 0 Å². The monoisotopic (exact) mass is 403 g/mol. The molecular weight excluding hydrogens is 386 g/mol. The van der Waals surface area contributed by atoms with Crippen LogP contribution in [0.2, 0.25) is 0 Å². The van der Waals surface area contributed by atoms with Gasteiger partial charge in [0.25, 0.3) is 5.56 Å². The van der Waals surface area contributed by atoms with Crippen molar-refractivity contribution in [2.24, 2.45) is 0 Å². The number of rotatable bonds is 6. The molecule has 0 aliphatic carbocycles. The number of aromatic nitrogens is 4. The van der Waals surface area contributed by atoms with Crippen LogP contribution < -0.4 is 11.2 Å². The first-order chi connectivity index (χ1) is 14.2. The smallest absolute Gasteiger partial charge is 0.306 e. The van der Waals surface area contributed by atoms with Gasteiger partial charge in [-0.1, -0.05) is 54.2 Å². The summed E-state index contributed by atoms with van der Waals surface area (Å²) in [7, 11) is 0. The van der Waals surface area contributed by atoms with E-state index in [2.05, 4.69) is 15.0 Å². The second-order valence-corrected chi connectivity index (χ2v) is 7.46. The second-order valence-electron chi connectivity index (χ2n) is 6.37. The third-order valence-electron chi connectivity index (χ3n) is 4.50. The van der Waals surface area contributed by atoms with Gasteiger partial charge in [0.2, 0.25) is 0 Å². The molecule has 0 atom stereocenters. The number of hydrogen-bond donors (Lipinski definition) is 2. The van der Waals surface area contributed by atoms with Crippen LogP contribution in [0.15, 0.2) is 69.3 Å². The quantitative estimate of drug-likeness (QED) is 0.292. The Morgan fingerprint density at radius 3 is 2.59 bits per heavy atom. The summed E-state index contributed by atoms with van der Waals surface area (Å²) in [5.41, 5.74) is 2.22. The van der Waals surface area contributed by atoms with Crippen LogP contribution in [0.3, 0.4) is 0 Å². The lowest BCUT2D eigenvalue weighted by atomic mass is 10.1. The highest BCUT2D eigenvalue weighted by Gasteiger charge is 2.13. The number of thioether (sulfide) groups is 1. The summed E-state index contributed by atoms with van der Waals surface area (Å²) in [6.07, 6.45) is 0.719. The number of imidazole rings is 1. The van der Waals surface area contributed by atoms with Crippen LogP contribution in [0.25, 0.3) is 22.3 Å². The number of nitrogens with zero attached hydrogens (tertiary/aromatic N) is 3. The van der Waals surface area contributed by atoms with E-state index < -0.39 is 5.56 Å². The van der Waals surface area contributed by atoms with E-state index in [0.717, 1.165) is 23.0 Å². The molecule has 0 saturated heterocycles. The zero-order valence-corrected chi connectivity index (χ0v) is 16.2. The summed E-state index contributed by atoms with van der Waals surface area (Å²) in [6.45, 7) is 0.557. The predicted octanol–water partition coefficient (Wildman–Crippen LogP) is 3.13. The van der Waals surface area contributed by atoms with E-state index in [1.807, 2.05) is 60.7 Å². The number of benzene rings is 2. The highest BCUT2D eigenvalue weighted by Crippen LogP contribution is 2.22. The van der Waals surface area contributed by atoms with Crippen molar-refractivity contribution in [3.63, 3.8) is 0 Å². The fraction of sp³-hybridized carbons (Fsp3) is 0.143. The fourth-order valence-corrected chi connectivity index (χ4v) is 3.94. The van der Waals surface area contributed by atoms with Crippen LogP contribution in [-0.2, 0) is 6.54 Å². The van der Waals surface area contributed by atoms with Crippen molar-refractivity contribution >= 4 is 22.8 Å². The number of nitrogens with one attached hydrogen (secondary N) is 2. The first-order valence-electron chi connectivity index (χ1n) is 9.07. The number of nitriles is 1. The van der Waals surface area contributed by atoms with Gasteiger partial charge in [-0.2, -0.15) is 5.26 Å². The molecule has 8 heteroatoms. The molecule has 2 heterocycles. The number of fused-ring (bicyclic) bond motifs is 1. The summed E-state index contributed by atoms with van der Waals surface area (Å²) in [4.78, 5) is 34.4. The van der Waals surface area contributed by atoms with E-state index in [1.54, 1.807) is 4.57 Å². The van der Waals surface area contributed by atoms with E-state index in [4.69, 9.17) is 0 Å². The van der Waals surface area contributed by atoms with Gasteiger partial charge >= 0.3 is 5.69 Å². The van der Waals surface area contributed by atoms with Crippen molar-refractivity contribution in [1.29, 1.82) is 5.26 Å². The average molecular weight is 403 g/mol. The summed E-state index contributed by atoms with van der Waals surface area (Å²) in [5, 5.41) is 9.79. The second kappa shape index (κ2) is 8.20. The molecule has 4 aromatic rings. The number of H-pyrrole nitrogens is 2. The Balaban J connectivity index is 1.50. The van der Waals surface area contributed by atoms with Gasteiger partial charge in [0, 0.05) is 17.9 Å². The largest absolute Gasteiger partial charge is 0.326 e. The SMILES string of the molecule is N#Cc1c(-c2ccccc2)nc(SCCCn2c(=O)[nH]c3ccccc32)[nH]c1=O. The maximum Gasteiger partial charge on any atom is 0.326 e. The molecule has 0 aliphatic heterocycles. The summed E-state index contributed by atoms with van der Waals surface area (Å²) in [6, 6.07) is 18.7. The minimum absolute atomic E-state index is 0.00546. The van der Waals surface area contributed by atoms with Gasteiger partial charge in [-0.05, 0) is 18.6 Å². The maximum atomic E-state index is 12.3. The zero-order chi connectivity index (χ0) is 20.2. The van der Waals surface area contributed by atoms with Gasteiger partial charge in [0.1, 0.15) is 11.6 Å². The Labute approximate surface area is 170 Å². The summed E-state index contributed by atoms with van der Waals surface area (Å²) in [5.74, 6) is 0.662. The first-order valence-corrected chi connectivity index (χ1v) is 10.1. The zero-order valence-electron chi connectivity index (χ0n) is 15.4. The molecule has 4 rings (SSSR count). The van der Waals surface area contributed by atoms with Gasteiger partial charge in [0.05, 0.1) is 16.7 Å². The van der Waals surface area contributed by atoms with E-state index in [-0.39, 0.29) is 11.3 Å². The van der Waals surface area contributed by atoms with Crippen molar-refractivity contribution in [2.45, 2.75) is 18.1 Å². The highest BCUT2D eigenvalue weighted by molar-refractivity contribution is 7.99. The molecule has 0 saturated carbocycles. The molecule has 2 aromatic heterocycles. The van der Waals surface area contributed by atoms with Crippen LogP contribution in [0.1, 0.15) is 12.0 Å². The molecule has 0 radical (unpaired) electrons. The molecule has 0 amide bonds. The van der Waals surface area contributed by atoms with E-state index in [0.29, 0.717) is 23.1 Å². The van der Waals surface area contributed by atoms with Gasteiger partial charge < -0.3 is 9.97 Å². The Kier molecular flexibility index (Phi) is 5.31. The summed E-state index contributed by atoms with van der Waals surface area (Å²) < 4.78 is 1.71. The third kappa shape index (κ3) is 3.86. The van der Waals surface area contributed by atoms with E-state index >= 15 is 0 Å². The molecule has 2 N–H and O–H groups in total. The van der Waals surface area contributed by atoms with E-state index in [9.17, 15) is 14.9 Å². The Hall–Kier alpha value is -3.57. The average Bonchev–Trinajstić information content (AvgIpc) is 3.06. The van der Waals surface area contributed by atoms with Gasteiger partial charge in [-0.3, -0.25) is 9.36 Å². The van der Waals surface area contributed by atoms with Crippen molar-refractivity contribution in [1.82, 2.24) is 19.5 Å². The first kappa shape index (κ1) is 18.8. The Morgan fingerprint density at radius 1 is 1.03 bits per heavy atom.